The van der Waals surface area contributed by atoms with Gasteiger partial charge >= 0.3 is 5.97 Å². The van der Waals surface area contributed by atoms with Crippen LogP contribution in [0.5, 0.6) is 0 Å². The number of ether oxygens (including phenoxy) is 1. The molecule has 2 N–H and O–H groups in total. The van der Waals surface area contributed by atoms with Gasteiger partial charge in [-0.2, -0.15) is 0 Å². The third-order valence-electron chi connectivity index (χ3n) is 6.15. The Hall–Kier alpha value is -2.36. The van der Waals surface area contributed by atoms with Crippen molar-refractivity contribution in [3.63, 3.8) is 0 Å². The van der Waals surface area contributed by atoms with Gasteiger partial charge in [-0.05, 0) is 42.5 Å². The Bertz CT molecular complexity index is 955. The Morgan fingerprint density at radius 2 is 1.53 bits per heavy atom. The molecule has 0 unspecified atom stereocenters. The molecule has 1 aliphatic heterocycles. The second-order valence-electron chi connectivity index (χ2n) is 7.94. The highest BCUT2D eigenvalue weighted by atomic mass is 35.5. The summed E-state index contributed by atoms with van der Waals surface area (Å²) in [7, 11) is 0. The Kier molecular flexibility index (Phi) is 6.33. The molecule has 1 aromatic rings. The van der Waals surface area contributed by atoms with E-state index in [1.165, 1.54) is 24.3 Å². The topological polar surface area (TPSA) is 122 Å². The highest BCUT2D eigenvalue weighted by molar-refractivity contribution is 6.31. The van der Waals surface area contributed by atoms with Crippen molar-refractivity contribution in [2.45, 2.75) is 17.2 Å². The second kappa shape index (κ2) is 8.88. The maximum atomic E-state index is 12.7. The SMILES string of the molecule is O=C(COC(=O)CN1C(=O)[C@@H]2[C@H]3C[C@@H]([C@H](Cl)[C@@H]3Cl)[C@@H]2C1=O)NNC(=O)c1ccc(Cl)cc1. The zero-order valence-corrected chi connectivity index (χ0v) is 18.7. The van der Waals surface area contributed by atoms with Gasteiger partial charge in [0.05, 0.1) is 22.6 Å². The molecule has 1 saturated heterocycles. The van der Waals surface area contributed by atoms with E-state index in [4.69, 9.17) is 39.5 Å². The van der Waals surface area contributed by atoms with E-state index in [0.717, 1.165) is 4.90 Å². The van der Waals surface area contributed by atoms with E-state index in [9.17, 15) is 24.0 Å². The number of carbonyl (C=O) groups excluding carboxylic acids is 5. The van der Waals surface area contributed by atoms with E-state index < -0.39 is 65.3 Å². The van der Waals surface area contributed by atoms with Crippen LogP contribution in [0.25, 0.3) is 0 Å². The number of halogens is 3. The standard InChI is InChI=1S/C20H18Cl3N3O6/c21-9-3-1-8(2-4-9)18(29)25-24-12(27)7-32-13(28)6-26-19(30)14-10-5-11(15(14)20(26)31)17(23)16(10)22/h1-4,10-11,14-17H,5-7H2,(H,24,27)(H,25,29)/t10-,11-,14-,15+,16-,17+/m1/s1. The first kappa shape index (κ1) is 22.8. The van der Waals surface area contributed by atoms with Crippen molar-refractivity contribution in [1.29, 1.82) is 0 Å². The van der Waals surface area contributed by atoms with Gasteiger partial charge in [-0.25, -0.2) is 0 Å². The molecule has 0 radical (unpaired) electrons. The first-order chi connectivity index (χ1) is 15.2. The van der Waals surface area contributed by atoms with Gasteiger partial charge in [0, 0.05) is 10.6 Å². The summed E-state index contributed by atoms with van der Waals surface area (Å²) in [5, 5.41) is -0.328. The molecule has 4 amide bonds. The van der Waals surface area contributed by atoms with Crippen LogP contribution >= 0.6 is 34.8 Å². The summed E-state index contributed by atoms with van der Waals surface area (Å²) in [4.78, 5) is 62.1. The third kappa shape index (κ3) is 4.04. The number of hydrogen-bond acceptors (Lipinski definition) is 6. The highest BCUT2D eigenvalue weighted by Gasteiger charge is 2.66. The van der Waals surface area contributed by atoms with Crippen molar-refractivity contribution in [2.75, 3.05) is 13.2 Å². The number of carbonyl (C=O) groups is 5. The molecule has 0 aromatic heterocycles. The van der Waals surface area contributed by atoms with Crippen LogP contribution in [0.2, 0.25) is 5.02 Å². The summed E-state index contributed by atoms with van der Waals surface area (Å²) in [5.74, 6) is -4.76. The monoisotopic (exact) mass is 501 g/mol. The normalized spacial score (nSPS) is 30.3. The molecule has 2 saturated carbocycles. The van der Waals surface area contributed by atoms with Gasteiger partial charge < -0.3 is 4.74 Å². The Morgan fingerprint density at radius 3 is 2.09 bits per heavy atom. The predicted octanol–water partition coefficient (Wildman–Crippen LogP) is 1.11. The molecule has 32 heavy (non-hydrogen) atoms. The Morgan fingerprint density at radius 1 is 0.969 bits per heavy atom. The zero-order valence-electron chi connectivity index (χ0n) is 16.4. The zero-order chi connectivity index (χ0) is 23.2. The molecular formula is C20H18Cl3N3O6. The van der Waals surface area contributed by atoms with Gasteiger partial charge in [-0.15, -0.1) is 23.2 Å². The van der Waals surface area contributed by atoms with E-state index in [0.29, 0.717) is 11.4 Å². The third-order valence-corrected chi connectivity index (χ3v) is 7.72. The minimum Gasteiger partial charge on any atom is -0.454 e. The quantitative estimate of drug-likeness (QED) is 0.269. The maximum absolute atomic E-state index is 12.7. The van der Waals surface area contributed by atoms with Crippen molar-refractivity contribution in [2.24, 2.45) is 23.7 Å². The highest BCUT2D eigenvalue weighted by Crippen LogP contribution is 2.59. The number of likely N-dealkylation sites (tertiary alicyclic amines) is 1. The molecule has 12 heteroatoms. The lowest BCUT2D eigenvalue weighted by molar-refractivity contribution is -0.155. The van der Waals surface area contributed by atoms with E-state index in [-0.39, 0.29) is 17.4 Å². The summed E-state index contributed by atoms with van der Waals surface area (Å²) >= 11 is 18.3. The molecule has 2 bridgehead atoms. The van der Waals surface area contributed by atoms with Crippen molar-refractivity contribution in [3.8, 4) is 0 Å². The Balaban J connectivity index is 1.24. The summed E-state index contributed by atoms with van der Waals surface area (Å²) in [6, 6.07) is 5.96. The summed E-state index contributed by atoms with van der Waals surface area (Å²) in [5.41, 5.74) is 4.52. The largest absolute Gasteiger partial charge is 0.454 e. The van der Waals surface area contributed by atoms with Crippen LogP contribution < -0.4 is 10.9 Å². The number of nitrogens with zero attached hydrogens (tertiary/aromatic N) is 1. The van der Waals surface area contributed by atoms with Crippen LogP contribution in [-0.2, 0) is 23.9 Å². The van der Waals surface area contributed by atoms with Crippen LogP contribution in [0.3, 0.4) is 0 Å². The number of rotatable bonds is 5. The van der Waals surface area contributed by atoms with Gasteiger partial charge in [0.15, 0.2) is 6.61 Å². The van der Waals surface area contributed by atoms with Crippen LogP contribution in [0.4, 0.5) is 0 Å². The van der Waals surface area contributed by atoms with Gasteiger partial charge in [-0.1, -0.05) is 11.6 Å². The number of fused-ring (bicyclic) bond motifs is 5. The molecule has 0 spiro atoms. The fourth-order valence-electron chi connectivity index (χ4n) is 4.72. The number of esters is 1. The average Bonchev–Trinajstić information content (AvgIpc) is 3.37. The van der Waals surface area contributed by atoms with E-state index >= 15 is 0 Å². The van der Waals surface area contributed by atoms with Gasteiger partial charge in [0.1, 0.15) is 6.54 Å². The van der Waals surface area contributed by atoms with Crippen LogP contribution in [0.15, 0.2) is 24.3 Å². The van der Waals surface area contributed by atoms with E-state index in [2.05, 4.69) is 10.9 Å². The molecule has 2 aliphatic carbocycles. The minimum atomic E-state index is -0.928. The molecule has 3 aliphatic rings. The number of alkyl halides is 2. The molecule has 6 atom stereocenters. The van der Waals surface area contributed by atoms with Gasteiger partial charge in [0.25, 0.3) is 11.8 Å². The van der Waals surface area contributed by atoms with Gasteiger partial charge in [0.2, 0.25) is 11.8 Å². The Labute approximate surface area is 197 Å². The molecule has 170 valence electrons. The number of nitrogens with one attached hydrogen (secondary N) is 2. The van der Waals surface area contributed by atoms with E-state index in [1.54, 1.807) is 0 Å². The predicted molar refractivity (Wildman–Crippen MR) is 113 cm³/mol. The lowest BCUT2D eigenvalue weighted by Crippen LogP contribution is -2.44. The van der Waals surface area contributed by atoms with Crippen LogP contribution in [0.1, 0.15) is 16.8 Å². The number of hydrogen-bond donors (Lipinski definition) is 2. The summed E-state index contributed by atoms with van der Waals surface area (Å²) in [6.07, 6.45) is 0.620. The molecule has 1 aromatic carbocycles. The minimum absolute atomic E-state index is 0.193. The van der Waals surface area contributed by atoms with Crippen molar-refractivity contribution in [3.05, 3.63) is 34.9 Å². The van der Waals surface area contributed by atoms with Crippen molar-refractivity contribution >= 4 is 64.4 Å². The molecule has 3 fully saturated rings. The van der Waals surface area contributed by atoms with Crippen molar-refractivity contribution < 1.29 is 28.7 Å². The molecule has 4 rings (SSSR count). The van der Waals surface area contributed by atoms with E-state index in [1.807, 2.05) is 0 Å². The molecule has 1 heterocycles. The molecule has 9 nitrogen and oxygen atoms in total. The van der Waals surface area contributed by atoms with Crippen LogP contribution in [-0.4, -0.2) is 58.4 Å². The van der Waals surface area contributed by atoms with Crippen molar-refractivity contribution in [1.82, 2.24) is 15.8 Å². The second-order valence-corrected chi connectivity index (χ2v) is 9.38. The maximum Gasteiger partial charge on any atom is 0.326 e. The van der Waals surface area contributed by atoms with Gasteiger partial charge in [-0.3, -0.25) is 39.7 Å². The van der Waals surface area contributed by atoms with Crippen LogP contribution in [0, 0.1) is 23.7 Å². The average molecular weight is 503 g/mol. The smallest absolute Gasteiger partial charge is 0.326 e. The first-order valence-electron chi connectivity index (χ1n) is 9.82. The summed E-state index contributed by atoms with van der Waals surface area (Å²) in [6.45, 7) is -1.31. The fraction of sp³-hybridized carbons (Fsp3) is 0.450. The first-order valence-corrected chi connectivity index (χ1v) is 11.1. The lowest BCUT2D eigenvalue weighted by atomic mass is 9.80. The number of amides is 4. The fourth-order valence-corrected chi connectivity index (χ4v) is 5.74. The molecular weight excluding hydrogens is 485 g/mol. The number of hydrazine groups is 1. The summed E-state index contributed by atoms with van der Waals surface area (Å²) < 4.78 is 4.83. The number of imide groups is 1. The lowest BCUT2D eigenvalue weighted by Gasteiger charge is -2.28. The number of benzene rings is 1.